The van der Waals surface area contributed by atoms with Crippen LogP contribution < -0.4 is 0 Å². The van der Waals surface area contributed by atoms with Crippen molar-refractivity contribution in [2.75, 3.05) is 28.4 Å². The molecule has 28 heavy (non-hydrogen) atoms. The Labute approximate surface area is 160 Å². The van der Waals surface area contributed by atoms with Crippen LogP contribution in [0.1, 0.15) is 13.3 Å². The molecule has 0 radical (unpaired) electrons. The van der Waals surface area contributed by atoms with Crippen LogP contribution >= 0.6 is 0 Å². The monoisotopic (exact) mass is 398 g/mol. The zero-order valence-corrected chi connectivity index (χ0v) is 16.2. The first-order valence-corrected chi connectivity index (χ1v) is 8.49. The fourth-order valence-corrected chi connectivity index (χ4v) is 4.61. The van der Waals surface area contributed by atoms with Crippen molar-refractivity contribution in [3.05, 3.63) is 0 Å². The van der Waals surface area contributed by atoms with E-state index in [2.05, 4.69) is 9.47 Å². The molecule has 0 aromatic carbocycles. The van der Waals surface area contributed by atoms with E-state index in [0.29, 0.717) is 0 Å². The number of fused-ring (bicyclic) bond motifs is 2. The zero-order valence-electron chi connectivity index (χ0n) is 16.2. The summed E-state index contributed by atoms with van der Waals surface area (Å²) in [4.78, 5) is 75.8. The molecule has 154 valence electrons. The number of ether oxygens (including phenoxy) is 4. The maximum Gasteiger partial charge on any atom is 0.316 e. The highest BCUT2D eigenvalue weighted by molar-refractivity contribution is 6.16. The minimum Gasteiger partial charge on any atom is -0.468 e. The molecule has 2 aliphatic rings. The van der Waals surface area contributed by atoms with Crippen LogP contribution in [0, 0.1) is 35.0 Å². The number of carbonyl (C=O) groups excluding carboxylic acids is 6. The van der Waals surface area contributed by atoms with Crippen LogP contribution in [0.15, 0.2) is 0 Å². The fourth-order valence-electron chi connectivity index (χ4n) is 4.61. The number of carbonyl (C=O) groups is 6. The fraction of sp³-hybridized carbons (Fsp3) is 0.667. The van der Waals surface area contributed by atoms with E-state index in [0.717, 1.165) is 28.4 Å². The highest BCUT2D eigenvalue weighted by Gasteiger charge is 2.69. The lowest BCUT2D eigenvalue weighted by atomic mass is 9.47. The molecule has 2 rings (SSSR count). The molecule has 0 aliphatic heterocycles. The summed E-state index contributed by atoms with van der Waals surface area (Å²) in [5.41, 5.74) is -1.53. The first kappa shape index (κ1) is 21.5. The van der Waals surface area contributed by atoms with E-state index in [-0.39, 0.29) is 6.42 Å². The summed E-state index contributed by atoms with van der Waals surface area (Å²) in [5.74, 6) is -13.0. The first-order chi connectivity index (χ1) is 13.1. The number of ketones is 2. The molecular weight excluding hydrogens is 376 g/mol. The molecule has 4 unspecified atom stereocenters. The van der Waals surface area contributed by atoms with Crippen molar-refractivity contribution in [2.45, 2.75) is 13.3 Å². The van der Waals surface area contributed by atoms with Gasteiger partial charge >= 0.3 is 23.9 Å². The maximum absolute atomic E-state index is 13.1. The van der Waals surface area contributed by atoms with Crippen LogP contribution in [0.4, 0.5) is 0 Å². The third kappa shape index (κ3) is 2.96. The minimum absolute atomic E-state index is 0.135. The Morgan fingerprint density at radius 2 is 1.04 bits per heavy atom. The van der Waals surface area contributed by atoms with Crippen LogP contribution in [-0.2, 0) is 47.7 Å². The summed E-state index contributed by atoms with van der Waals surface area (Å²) < 4.78 is 18.8. The average Bonchev–Trinajstić information content (AvgIpc) is 2.66. The summed E-state index contributed by atoms with van der Waals surface area (Å²) >= 11 is 0. The Balaban J connectivity index is 2.74. The summed E-state index contributed by atoms with van der Waals surface area (Å²) in [7, 11) is 4.19. The van der Waals surface area contributed by atoms with Gasteiger partial charge in [-0.15, -0.1) is 0 Å². The Kier molecular flexibility index (Phi) is 5.91. The van der Waals surface area contributed by atoms with Crippen LogP contribution in [-0.4, -0.2) is 63.9 Å². The number of hydrogen-bond donors (Lipinski definition) is 0. The summed E-state index contributed by atoms with van der Waals surface area (Å²) in [6.07, 6.45) is -0.135. The van der Waals surface area contributed by atoms with Gasteiger partial charge in [-0.3, -0.25) is 28.8 Å². The number of Topliss-reactive ketones (excluding diaryl/α,β-unsaturated/α-hetero) is 2. The largest absolute Gasteiger partial charge is 0.468 e. The van der Waals surface area contributed by atoms with Gasteiger partial charge in [-0.05, 0) is 6.42 Å². The van der Waals surface area contributed by atoms with Crippen molar-refractivity contribution in [1.29, 1.82) is 0 Å². The molecular formula is C18H22O10. The summed E-state index contributed by atoms with van der Waals surface area (Å²) in [6, 6.07) is 0. The van der Waals surface area contributed by atoms with E-state index < -0.39 is 70.4 Å². The van der Waals surface area contributed by atoms with Gasteiger partial charge in [0.2, 0.25) is 0 Å². The highest BCUT2D eigenvalue weighted by Crippen LogP contribution is 2.57. The van der Waals surface area contributed by atoms with Gasteiger partial charge in [0.25, 0.3) is 0 Å². The third-order valence-corrected chi connectivity index (χ3v) is 5.82. The van der Waals surface area contributed by atoms with Crippen molar-refractivity contribution in [1.82, 2.24) is 0 Å². The van der Waals surface area contributed by atoms with Crippen LogP contribution in [0.3, 0.4) is 0 Å². The Bertz CT molecular complexity index is 683. The highest BCUT2D eigenvalue weighted by atomic mass is 16.5. The average molecular weight is 398 g/mol. The minimum atomic E-state index is -1.58. The Morgan fingerprint density at radius 3 is 1.32 bits per heavy atom. The molecule has 0 amide bonds. The molecule has 2 bridgehead atoms. The Hall–Kier alpha value is -2.78. The number of rotatable bonds is 4. The van der Waals surface area contributed by atoms with Gasteiger partial charge in [-0.1, -0.05) is 6.92 Å². The summed E-state index contributed by atoms with van der Waals surface area (Å²) in [5, 5.41) is 0. The molecule has 0 saturated heterocycles. The lowest BCUT2D eigenvalue weighted by molar-refractivity contribution is -0.187. The number of hydrogen-bond acceptors (Lipinski definition) is 10. The van der Waals surface area contributed by atoms with Crippen LogP contribution in [0.5, 0.6) is 0 Å². The quantitative estimate of drug-likeness (QED) is 0.340. The standard InChI is InChI=1S/C18H22O10/c1-18-6-7(8(14(21)25-2)12(19)10(18)16(23)27-4)9(15(22)26-3)13(20)11(18)17(24)28-5/h7-11H,6H2,1-5H3. The molecule has 2 saturated carbocycles. The normalized spacial score (nSPS) is 34.2. The van der Waals surface area contributed by atoms with Crippen molar-refractivity contribution in [3.63, 3.8) is 0 Å². The zero-order chi connectivity index (χ0) is 21.4. The van der Waals surface area contributed by atoms with E-state index in [4.69, 9.17) is 9.47 Å². The maximum atomic E-state index is 13.1. The summed E-state index contributed by atoms with van der Waals surface area (Å²) in [6.45, 7) is 1.40. The predicted molar refractivity (Wildman–Crippen MR) is 88.3 cm³/mol. The molecule has 0 spiro atoms. The van der Waals surface area contributed by atoms with Gasteiger partial charge in [-0.2, -0.15) is 0 Å². The third-order valence-electron chi connectivity index (χ3n) is 5.82. The van der Waals surface area contributed by atoms with Gasteiger partial charge in [0.05, 0.1) is 28.4 Å². The van der Waals surface area contributed by atoms with E-state index in [1.165, 1.54) is 6.92 Å². The smallest absolute Gasteiger partial charge is 0.316 e. The SMILES string of the molecule is COC(=O)C1C(=O)C(C(=O)OC)C2(C)CC1C(C(=O)OC)C(=O)C2C(=O)OC. The van der Waals surface area contributed by atoms with Crippen LogP contribution in [0.25, 0.3) is 0 Å². The first-order valence-electron chi connectivity index (χ1n) is 8.49. The Morgan fingerprint density at radius 1 is 0.714 bits per heavy atom. The molecule has 0 aromatic rings. The van der Waals surface area contributed by atoms with E-state index >= 15 is 0 Å². The second-order valence-electron chi connectivity index (χ2n) is 7.09. The second kappa shape index (κ2) is 7.69. The number of esters is 4. The van der Waals surface area contributed by atoms with Gasteiger partial charge in [-0.25, -0.2) is 0 Å². The molecule has 2 fully saturated rings. The molecule has 4 atom stereocenters. The lowest BCUT2D eigenvalue weighted by Gasteiger charge is -2.52. The van der Waals surface area contributed by atoms with E-state index in [1.807, 2.05) is 0 Å². The molecule has 2 aliphatic carbocycles. The van der Waals surface area contributed by atoms with Crippen molar-refractivity contribution >= 4 is 35.4 Å². The van der Waals surface area contributed by atoms with Crippen LogP contribution in [0.2, 0.25) is 0 Å². The predicted octanol–water partition coefficient (Wildman–Crippen LogP) is -0.679. The molecule has 0 heterocycles. The van der Waals surface area contributed by atoms with Gasteiger partial charge in [0, 0.05) is 11.3 Å². The van der Waals surface area contributed by atoms with Crippen molar-refractivity contribution < 1.29 is 47.7 Å². The second-order valence-corrected chi connectivity index (χ2v) is 7.09. The molecule has 0 aromatic heterocycles. The molecule has 0 N–H and O–H groups in total. The van der Waals surface area contributed by atoms with Gasteiger partial charge < -0.3 is 18.9 Å². The lowest BCUT2D eigenvalue weighted by Crippen LogP contribution is -2.65. The van der Waals surface area contributed by atoms with Crippen molar-refractivity contribution in [3.8, 4) is 0 Å². The molecule has 10 nitrogen and oxygen atoms in total. The van der Waals surface area contributed by atoms with E-state index in [1.54, 1.807) is 0 Å². The molecule has 10 heteroatoms. The van der Waals surface area contributed by atoms with E-state index in [9.17, 15) is 28.8 Å². The number of methoxy groups -OCH3 is 4. The topological polar surface area (TPSA) is 139 Å². The van der Waals surface area contributed by atoms with Crippen molar-refractivity contribution in [2.24, 2.45) is 35.0 Å². The van der Waals surface area contributed by atoms with Gasteiger partial charge in [0.15, 0.2) is 11.6 Å². The van der Waals surface area contributed by atoms with Gasteiger partial charge in [0.1, 0.15) is 23.7 Å².